The number of alkyl halides is 3. The van der Waals surface area contributed by atoms with Crippen molar-refractivity contribution < 1.29 is 27.8 Å². The predicted octanol–water partition coefficient (Wildman–Crippen LogP) is 5.40. The maximum atomic E-state index is 13.8. The van der Waals surface area contributed by atoms with Crippen LogP contribution in [0.4, 0.5) is 13.2 Å². The average molecular weight is 483 g/mol. The number of aromatic nitrogens is 2. The van der Waals surface area contributed by atoms with Crippen LogP contribution < -0.4 is 10.1 Å². The van der Waals surface area contributed by atoms with Gasteiger partial charge in [0.2, 0.25) is 0 Å². The van der Waals surface area contributed by atoms with E-state index in [-0.39, 0.29) is 18.6 Å². The Bertz CT molecular complexity index is 1330. The lowest BCUT2D eigenvalue weighted by Crippen LogP contribution is -2.19. The van der Waals surface area contributed by atoms with E-state index in [0.717, 1.165) is 22.8 Å². The molecule has 2 aromatic carbocycles. The molecule has 0 fully saturated rings. The average Bonchev–Trinajstić information content (AvgIpc) is 3.15. The summed E-state index contributed by atoms with van der Waals surface area (Å²) in [6.45, 7) is 0.785. The van der Waals surface area contributed by atoms with E-state index < -0.39 is 17.7 Å². The summed E-state index contributed by atoms with van der Waals surface area (Å²) in [4.78, 5) is 15.1. The van der Waals surface area contributed by atoms with Gasteiger partial charge in [-0.15, -0.1) is 0 Å². The molecule has 182 valence electrons. The molecule has 4 rings (SSSR count). The molecule has 0 amide bonds. The fraction of sp³-hybridized carbons (Fsp3) is 0.231. The number of aliphatic carboxylic acids is 1. The monoisotopic (exact) mass is 483 g/mol. The van der Waals surface area contributed by atoms with E-state index >= 15 is 0 Å². The van der Waals surface area contributed by atoms with Crippen molar-refractivity contribution in [1.29, 1.82) is 0 Å². The molecule has 35 heavy (non-hydrogen) atoms. The minimum Gasteiger partial charge on any atom is -0.487 e. The van der Waals surface area contributed by atoms with Crippen molar-refractivity contribution >= 4 is 17.0 Å². The van der Waals surface area contributed by atoms with Gasteiger partial charge < -0.3 is 19.7 Å². The first-order chi connectivity index (χ1) is 16.7. The Balaban J connectivity index is 1.49. The highest BCUT2D eigenvalue weighted by atomic mass is 19.4. The lowest BCUT2D eigenvalue weighted by molar-refractivity contribution is -0.137. The zero-order valence-corrected chi connectivity index (χ0v) is 19.0. The summed E-state index contributed by atoms with van der Waals surface area (Å²) >= 11 is 0. The summed E-state index contributed by atoms with van der Waals surface area (Å²) in [7, 11) is 1.86. The Morgan fingerprint density at radius 1 is 1.11 bits per heavy atom. The van der Waals surface area contributed by atoms with Gasteiger partial charge in [-0.2, -0.15) is 13.2 Å². The van der Waals surface area contributed by atoms with E-state index in [1.54, 1.807) is 42.5 Å². The number of nitrogens with zero attached hydrogens (tertiary/aromatic N) is 2. The molecule has 0 aliphatic carbocycles. The summed E-state index contributed by atoms with van der Waals surface area (Å²) < 4.78 is 48.9. The number of aryl methyl sites for hydroxylation is 1. The molecule has 2 aromatic heterocycles. The zero-order valence-electron chi connectivity index (χ0n) is 19.0. The van der Waals surface area contributed by atoms with E-state index in [0.29, 0.717) is 30.0 Å². The molecule has 0 bridgehead atoms. The van der Waals surface area contributed by atoms with E-state index in [4.69, 9.17) is 9.84 Å². The van der Waals surface area contributed by atoms with Crippen LogP contribution in [0.25, 0.3) is 22.2 Å². The molecule has 0 aliphatic rings. The molecular formula is C26H24F3N3O3. The van der Waals surface area contributed by atoms with E-state index in [2.05, 4.69) is 10.3 Å². The van der Waals surface area contributed by atoms with Crippen LogP contribution in [0.5, 0.6) is 5.75 Å². The number of hydrogen-bond donors (Lipinski definition) is 2. The van der Waals surface area contributed by atoms with Crippen LogP contribution in [0.1, 0.15) is 23.2 Å². The summed E-state index contributed by atoms with van der Waals surface area (Å²) in [5.74, 6) is -0.427. The maximum absolute atomic E-state index is 13.8. The van der Waals surface area contributed by atoms with Crippen molar-refractivity contribution in [3.63, 3.8) is 0 Å². The van der Waals surface area contributed by atoms with E-state index in [9.17, 15) is 18.0 Å². The molecule has 9 heteroatoms. The minimum absolute atomic E-state index is 0.0303. The first kappa shape index (κ1) is 24.3. The number of carboxylic acids is 1. The molecule has 0 saturated heterocycles. The first-order valence-corrected chi connectivity index (χ1v) is 11.0. The molecule has 4 aromatic rings. The highest BCUT2D eigenvalue weighted by molar-refractivity contribution is 5.78. The standard InChI is InChI=1S/C26H24F3N3O3/c1-32-20(14-30-10-9-24(33)34)12-19-13-21(15-31-25(19)32)35-16-17-7-8-22(18-5-3-2-4-6-18)23(11-17)26(27,28)29/h2-8,11-13,15,30H,9-10,14,16H2,1H3,(H,33,34). The van der Waals surface area contributed by atoms with Gasteiger partial charge in [0.25, 0.3) is 0 Å². The van der Waals surface area contributed by atoms with Gasteiger partial charge in [0.15, 0.2) is 0 Å². The lowest BCUT2D eigenvalue weighted by atomic mass is 9.97. The van der Waals surface area contributed by atoms with Crippen LogP contribution in [0, 0.1) is 0 Å². The van der Waals surface area contributed by atoms with Gasteiger partial charge in [0.1, 0.15) is 18.0 Å². The fourth-order valence-electron chi connectivity index (χ4n) is 3.87. The van der Waals surface area contributed by atoms with Crippen LogP contribution in [0.3, 0.4) is 0 Å². The second-order valence-corrected chi connectivity index (χ2v) is 8.13. The molecule has 0 aliphatic heterocycles. The summed E-state index contributed by atoms with van der Waals surface area (Å²) in [5, 5.41) is 12.6. The first-order valence-electron chi connectivity index (χ1n) is 11.0. The summed E-state index contributed by atoms with van der Waals surface area (Å²) in [6.07, 6.45) is -2.93. The van der Waals surface area contributed by atoms with Crippen LogP contribution in [0.2, 0.25) is 0 Å². The van der Waals surface area contributed by atoms with Gasteiger partial charge in [0, 0.05) is 31.2 Å². The van der Waals surface area contributed by atoms with Crippen LogP contribution in [0.15, 0.2) is 66.9 Å². The molecule has 6 nitrogen and oxygen atoms in total. The SMILES string of the molecule is Cn1c(CNCCC(=O)O)cc2cc(OCc3ccc(-c4ccccc4)c(C(F)(F)F)c3)cnc21. The smallest absolute Gasteiger partial charge is 0.417 e. The number of ether oxygens (including phenoxy) is 1. The van der Waals surface area contributed by atoms with Crippen LogP contribution >= 0.6 is 0 Å². The molecule has 0 radical (unpaired) electrons. The second kappa shape index (κ2) is 10.2. The molecule has 0 saturated carbocycles. The highest BCUT2D eigenvalue weighted by Gasteiger charge is 2.34. The number of rotatable bonds is 9. The third-order valence-electron chi connectivity index (χ3n) is 5.64. The Kier molecular flexibility index (Phi) is 7.07. The number of pyridine rings is 1. The molecule has 0 spiro atoms. The second-order valence-electron chi connectivity index (χ2n) is 8.13. The molecule has 0 atom stereocenters. The number of hydrogen-bond acceptors (Lipinski definition) is 4. The number of carbonyl (C=O) groups is 1. The largest absolute Gasteiger partial charge is 0.487 e. The Morgan fingerprint density at radius 2 is 1.89 bits per heavy atom. The van der Waals surface area contributed by atoms with Gasteiger partial charge in [-0.1, -0.05) is 42.5 Å². The maximum Gasteiger partial charge on any atom is 0.417 e. The Labute approximate surface area is 200 Å². The van der Waals surface area contributed by atoms with Gasteiger partial charge in [-0.25, -0.2) is 4.98 Å². The highest BCUT2D eigenvalue weighted by Crippen LogP contribution is 2.37. The van der Waals surface area contributed by atoms with Gasteiger partial charge >= 0.3 is 12.1 Å². The molecule has 0 unspecified atom stereocenters. The van der Waals surface area contributed by atoms with Crippen LogP contribution in [-0.2, 0) is 31.2 Å². The number of nitrogens with one attached hydrogen (secondary N) is 1. The minimum atomic E-state index is -4.50. The van der Waals surface area contributed by atoms with Crippen molar-refractivity contribution in [3.8, 4) is 16.9 Å². The quantitative estimate of drug-likeness (QED) is 0.312. The predicted molar refractivity (Wildman–Crippen MR) is 126 cm³/mol. The fourth-order valence-corrected chi connectivity index (χ4v) is 3.87. The number of carboxylic acid groups (broad SMARTS) is 1. The van der Waals surface area contributed by atoms with E-state index in [1.165, 1.54) is 12.3 Å². The van der Waals surface area contributed by atoms with Gasteiger partial charge in [0.05, 0.1) is 18.2 Å². The van der Waals surface area contributed by atoms with Crippen LogP contribution in [-0.4, -0.2) is 27.2 Å². The van der Waals surface area contributed by atoms with Crippen molar-refractivity contribution in [1.82, 2.24) is 14.9 Å². The molecular weight excluding hydrogens is 459 g/mol. The van der Waals surface area contributed by atoms with Crippen molar-refractivity contribution in [2.75, 3.05) is 6.54 Å². The van der Waals surface area contributed by atoms with Crippen molar-refractivity contribution in [2.24, 2.45) is 7.05 Å². The third kappa shape index (κ3) is 5.81. The topological polar surface area (TPSA) is 76.4 Å². The summed E-state index contributed by atoms with van der Waals surface area (Å²) in [5.41, 5.74) is 1.95. The van der Waals surface area contributed by atoms with Gasteiger partial charge in [-0.05, 0) is 34.9 Å². The Hall–Kier alpha value is -3.85. The summed E-state index contributed by atoms with van der Waals surface area (Å²) in [6, 6.07) is 16.4. The molecule has 2 N–H and O–H groups in total. The third-order valence-corrected chi connectivity index (χ3v) is 5.64. The van der Waals surface area contributed by atoms with Crippen molar-refractivity contribution in [2.45, 2.75) is 25.7 Å². The number of benzene rings is 2. The van der Waals surface area contributed by atoms with Gasteiger partial charge in [-0.3, -0.25) is 4.79 Å². The number of fused-ring (bicyclic) bond motifs is 1. The molecule has 2 heterocycles. The Morgan fingerprint density at radius 3 is 2.60 bits per heavy atom. The lowest BCUT2D eigenvalue weighted by Gasteiger charge is -2.15. The van der Waals surface area contributed by atoms with E-state index in [1.807, 2.05) is 17.7 Å². The number of halogens is 3. The zero-order chi connectivity index (χ0) is 25.0. The normalized spacial score (nSPS) is 11.7. The van der Waals surface area contributed by atoms with Crippen molar-refractivity contribution in [3.05, 3.63) is 83.7 Å².